The van der Waals surface area contributed by atoms with Gasteiger partial charge in [0.15, 0.2) is 5.82 Å². The summed E-state index contributed by atoms with van der Waals surface area (Å²) in [5.74, 6) is 2.72. The molecular weight excluding hydrogens is 212 g/mol. The van der Waals surface area contributed by atoms with Gasteiger partial charge in [-0.15, -0.1) is 0 Å². The molecule has 0 aliphatic rings. The monoisotopic (exact) mass is 238 g/mol. The van der Waals surface area contributed by atoms with E-state index in [2.05, 4.69) is 50.0 Å². The first-order valence-corrected chi connectivity index (χ1v) is 6.74. The Hall–Kier alpha value is -0.900. The lowest BCUT2D eigenvalue weighted by atomic mass is 10.1. The van der Waals surface area contributed by atoms with Crippen LogP contribution in [-0.4, -0.2) is 27.4 Å². The SMILES string of the molecule is CCc1nc(CC)n(CCNC(C)C(C)C)n1. The molecule has 1 N–H and O–H groups in total. The van der Waals surface area contributed by atoms with Gasteiger partial charge >= 0.3 is 0 Å². The zero-order chi connectivity index (χ0) is 12.8. The molecule has 0 saturated heterocycles. The van der Waals surface area contributed by atoms with Crippen LogP contribution in [0.1, 0.15) is 46.3 Å². The molecule has 1 rings (SSSR count). The van der Waals surface area contributed by atoms with Crippen LogP contribution in [0, 0.1) is 5.92 Å². The summed E-state index contributed by atoms with van der Waals surface area (Å²) in [4.78, 5) is 4.50. The lowest BCUT2D eigenvalue weighted by Gasteiger charge is -2.17. The van der Waals surface area contributed by atoms with Gasteiger partial charge in [-0.05, 0) is 12.8 Å². The maximum atomic E-state index is 4.51. The van der Waals surface area contributed by atoms with E-state index in [4.69, 9.17) is 0 Å². The highest BCUT2D eigenvalue weighted by atomic mass is 15.3. The number of hydrogen-bond acceptors (Lipinski definition) is 3. The van der Waals surface area contributed by atoms with Crippen molar-refractivity contribution in [2.24, 2.45) is 5.92 Å². The van der Waals surface area contributed by atoms with E-state index in [1.165, 1.54) is 0 Å². The summed E-state index contributed by atoms with van der Waals surface area (Å²) in [5.41, 5.74) is 0. The lowest BCUT2D eigenvalue weighted by molar-refractivity contribution is 0.407. The number of aryl methyl sites for hydroxylation is 2. The molecule has 0 bridgehead atoms. The quantitative estimate of drug-likeness (QED) is 0.790. The highest BCUT2D eigenvalue weighted by Gasteiger charge is 2.08. The average Bonchev–Trinajstić information content (AvgIpc) is 2.71. The molecule has 0 aromatic carbocycles. The standard InChI is InChI=1S/C13H26N4/c1-6-12-15-13(7-2)17(16-12)9-8-14-11(5)10(3)4/h10-11,14H,6-9H2,1-5H3. The molecule has 0 aliphatic carbocycles. The van der Waals surface area contributed by atoms with Gasteiger partial charge < -0.3 is 5.32 Å². The first-order chi connectivity index (χ1) is 8.08. The maximum Gasteiger partial charge on any atom is 0.150 e. The maximum absolute atomic E-state index is 4.51. The number of aromatic nitrogens is 3. The minimum absolute atomic E-state index is 0.550. The van der Waals surface area contributed by atoms with Gasteiger partial charge in [0.1, 0.15) is 5.82 Å². The van der Waals surface area contributed by atoms with E-state index in [1.807, 2.05) is 4.68 Å². The van der Waals surface area contributed by atoms with E-state index < -0.39 is 0 Å². The summed E-state index contributed by atoms with van der Waals surface area (Å²) >= 11 is 0. The summed E-state index contributed by atoms with van der Waals surface area (Å²) in [5, 5.41) is 8.03. The normalized spacial score (nSPS) is 13.3. The van der Waals surface area contributed by atoms with Crippen LogP contribution >= 0.6 is 0 Å². The first kappa shape index (κ1) is 14.2. The van der Waals surface area contributed by atoms with Crippen LogP contribution in [-0.2, 0) is 19.4 Å². The van der Waals surface area contributed by atoms with E-state index in [1.54, 1.807) is 0 Å². The number of nitrogens with zero attached hydrogens (tertiary/aromatic N) is 3. The molecule has 1 heterocycles. The molecule has 0 fully saturated rings. The summed E-state index contributed by atoms with van der Waals surface area (Å²) in [6.07, 6.45) is 1.86. The highest BCUT2D eigenvalue weighted by Crippen LogP contribution is 2.02. The summed E-state index contributed by atoms with van der Waals surface area (Å²) in [6, 6.07) is 0.550. The molecule has 0 radical (unpaired) electrons. The minimum Gasteiger partial charge on any atom is -0.312 e. The van der Waals surface area contributed by atoms with Crippen molar-refractivity contribution in [1.82, 2.24) is 20.1 Å². The van der Waals surface area contributed by atoms with Gasteiger partial charge in [-0.25, -0.2) is 9.67 Å². The van der Waals surface area contributed by atoms with Crippen molar-refractivity contribution in [2.45, 2.75) is 60.0 Å². The van der Waals surface area contributed by atoms with Crippen LogP contribution in [0.3, 0.4) is 0 Å². The molecule has 0 spiro atoms. The van der Waals surface area contributed by atoms with Gasteiger partial charge in [0, 0.05) is 25.4 Å². The van der Waals surface area contributed by atoms with E-state index in [9.17, 15) is 0 Å². The molecule has 4 heteroatoms. The fourth-order valence-electron chi connectivity index (χ4n) is 1.65. The largest absolute Gasteiger partial charge is 0.312 e. The fraction of sp³-hybridized carbons (Fsp3) is 0.846. The number of hydrogen-bond donors (Lipinski definition) is 1. The molecule has 4 nitrogen and oxygen atoms in total. The van der Waals surface area contributed by atoms with Crippen molar-refractivity contribution >= 4 is 0 Å². The summed E-state index contributed by atoms with van der Waals surface area (Å²) in [7, 11) is 0. The Morgan fingerprint density at radius 1 is 1.18 bits per heavy atom. The average molecular weight is 238 g/mol. The molecule has 1 atom stereocenters. The van der Waals surface area contributed by atoms with Crippen LogP contribution < -0.4 is 5.32 Å². The van der Waals surface area contributed by atoms with Crippen LogP contribution in [0.2, 0.25) is 0 Å². The minimum atomic E-state index is 0.550. The molecule has 98 valence electrons. The van der Waals surface area contributed by atoms with Crippen molar-refractivity contribution < 1.29 is 0 Å². The molecule has 1 aromatic heterocycles. The van der Waals surface area contributed by atoms with Gasteiger partial charge in [-0.3, -0.25) is 0 Å². The molecular formula is C13H26N4. The van der Waals surface area contributed by atoms with E-state index >= 15 is 0 Å². The summed E-state index contributed by atoms with van der Waals surface area (Å²) in [6.45, 7) is 12.8. The van der Waals surface area contributed by atoms with E-state index in [-0.39, 0.29) is 0 Å². The Morgan fingerprint density at radius 3 is 2.41 bits per heavy atom. The smallest absolute Gasteiger partial charge is 0.150 e. The van der Waals surface area contributed by atoms with Crippen LogP contribution in [0.15, 0.2) is 0 Å². The van der Waals surface area contributed by atoms with Gasteiger partial charge in [0.2, 0.25) is 0 Å². The second-order valence-electron chi connectivity index (χ2n) is 4.86. The van der Waals surface area contributed by atoms with Crippen molar-refractivity contribution in [2.75, 3.05) is 6.54 Å². The predicted molar refractivity (Wildman–Crippen MR) is 71.1 cm³/mol. The third-order valence-corrected chi connectivity index (χ3v) is 3.21. The molecule has 0 aliphatic heterocycles. The van der Waals surface area contributed by atoms with Crippen molar-refractivity contribution in [3.8, 4) is 0 Å². The van der Waals surface area contributed by atoms with Crippen LogP contribution in [0.25, 0.3) is 0 Å². The second kappa shape index (κ2) is 6.74. The molecule has 0 amide bonds. The third-order valence-electron chi connectivity index (χ3n) is 3.21. The Morgan fingerprint density at radius 2 is 1.88 bits per heavy atom. The Kier molecular flexibility index (Phi) is 5.62. The van der Waals surface area contributed by atoms with Gasteiger partial charge in [-0.1, -0.05) is 27.7 Å². The first-order valence-electron chi connectivity index (χ1n) is 6.74. The van der Waals surface area contributed by atoms with Crippen molar-refractivity contribution in [1.29, 1.82) is 0 Å². The Balaban J connectivity index is 2.48. The highest BCUT2D eigenvalue weighted by molar-refractivity contribution is 4.92. The summed E-state index contributed by atoms with van der Waals surface area (Å²) < 4.78 is 2.04. The molecule has 17 heavy (non-hydrogen) atoms. The third kappa shape index (κ3) is 4.11. The second-order valence-corrected chi connectivity index (χ2v) is 4.86. The lowest BCUT2D eigenvalue weighted by Crippen LogP contribution is -2.33. The fourth-order valence-corrected chi connectivity index (χ4v) is 1.65. The Bertz CT molecular complexity index is 330. The predicted octanol–water partition coefficient (Wildman–Crippen LogP) is 2.04. The molecule has 1 unspecified atom stereocenters. The van der Waals surface area contributed by atoms with Gasteiger partial charge in [0.25, 0.3) is 0 Å². The zero-order valence-electron chi connectivity index (χ0n) is 11.8. The van der Waals surface area contributed by atoms with Crippen LogP contribution in [0.5, 0.6) is 0 Å². The molecule has 1 aromatic rings. The van der Waals surface area contributed by atoms with Gasteiger partial charge in [0.05, 0.1) is 6.54 Å². The number of nitrogens with one attached hydrogen (secondary N) is 1. The van der Waals surface area contributed by atoms with Crippen molar-refractivity contribution in [3.63, 3.8) is 0 Å². The van der Waals surface area contributed by atoms with Gasteiger partial charge in [-0.2, -0.15) is 5.10 Å². The van der Waals surface area contributed by atoms with E-state index in [0.29, 0.717) is 12.0 Å². The Labute approximate surface area is 105 Å². The van der Waals surface area contributed by atoms with Crippen molar-refractivity contribution in [3.05, 3.63) is 11.6 Å². The number of rotatable bonds is 7. The van der Waals surface area contributed by atoms with E-state index in [0.717, 1.165) is 37.6 Å². The molecule has 0 saturated carbocycles. The van der Waals surface area contributed by atoms with Crippen LogP contribution in [0.4, 0.5) is 0 Å². The topological polar surface area (TPSA) is 42.7 Å². The zero-order valence-corrected chi connectivity index (χ0v) is 11.8.